The van der Waals surface area contributed by atoms with E-state index in [0.717, 1.165) is 28.5 Å². The molecule has 0 aliphatic rings. The normalized spacial score (nSPS) is 12.9. The second-order valence-electron chi connectivity index (χ2n) is 9.55. The molecule has 1 heterocycles. The van der Waals surface area contributed by atoms with E-state index in [0.29, 0.717) is 19.4 Å². The summed E-state index contributed by atoms with van der Waals surface area (Å²) in [6.45, 7) is 6.38. The molecule has 35 heavy (non-hydrogen) atoms. The van der Waals surface area contributed by atoms with Gasteiger partial charge in [-0.3, -0.25) is 14.2 Å². The fourth-order valence-corrected chi connectivity index (χ4v) is 4.43. The number of para-hydroxylation sites is 1. The topological polar surface area (TPSA) is 100 Å². The SMILES string of the molecule is CC(C)CC(CC(=O)O)C(=O)N[C@H](C)Cc1cn(C(=O)NCCc2ccccc2)c2ccccc12. The van der Waals surface area contributed by atoms with Crippen LogP contribution in [-0.4, -0.2) is 40.2 Å². The molecular weight excluding hydrogens is 442 g/mol. The molecule has 0 fully saturated rings. The summed E-state index contributed by atoms with van der Waals surface area (Å²) in [6.07, 6.45) is 3.44. The molecule has 3 N–H and O–H groups in total. The molecule has 2 atom stereocenters. The molecule has 3 rings (SSSR count). The average molecular weight is 478 g/mol. The van der Waals surface area contributed by atoms with Crippen LogP contribution in [0.25, 0.3) is 10.9 Å². The van der Waals surface area contributed by atoms with Crippen molar-refractivity contribution in [2.24, 2.45) is 11.8 Å². The van der Waals surface area contributed by atoms with Crippen molar-refractivity contribution in [3.05, 3.63) is 71.9 Å². The number of carboxylic acids is 1. The van der Waals surface area contributed by atoms with Crippen molar-refractivity contribution in [1.29, 1.82) is 0 Å². The zero-order valence-corrected chi connectivity index (χ0v) is 20.7. The van der Waals surface area contributed by atoms with Crippen LogP contribution in [0.3, 0.4) is 0 Å². The highest BCUT2D eigenvalue weighted by Crippen LogP contribution is 2.23. The average Bonchev–Trinajstić information content (AvgIpc) is 3.17. The van der Waals surface area contributed by atoms with E-state index in [-0.39, 0.29) is 30.3 Å². The predicted molar refractivity (Wildman–Crippen MR) is 137 cm³/mol. The molecule has 1 aromatic heterocycles. The Labute approximate surface area is 206 Å². The van der Waals surface area contributed by atoms with Crippen molar-refractivity contribution in [2.45, 2.75) is 52.5 Å². The molecule has 0 radical (unpaired) electrons. The third kappa shape index (κ3) is 7.44. The first-order valence-corrected chi connectivity index (χ1v) is 12.2. The van der Waals surface area contributed by atoms with Gasteiger partial charge in [0, 0.05) is 30.1 Å². The first-order valence-electron chi connectivity index (χ1n) is 12.2. The summed E-state index contributed by atoms with van der Waals surface area (Å²) in [5, 5.41) is 16.1. The Balaban J connectivity index is 1.68. The van der Waals surface area contributed by atoms with Crippen molar-refractivity contribution < 1.29 is 19.5 Å². The highest BCUT2D eigenvalue weighted by molar-refractivity contribution is 5.94. The summed E-state index contributed by atoms with van der Waals surface area (Å²) in [4.78, 5) is 37.0. The third-order valence-electron chi connectivity index (χ3n) is 6.01. The fraction of sp³-hybridized carbons (Fsp3) is 0.393. The first-order chi connectivity index (χ1) is 16.7. The fourth-order valence-electron chi connectivity index (χ4n) is 4.43. The van der Waals surface area contributed by atoms with Gasteiger partial charge >= 0.3 is 12.0 Å². The Morgan fingerprint density at radius 2 is 1.66 bits per heavy atom. The number of aliphatic carboxylic acids is 1. The third-order valence-corrected chi connectivity index (χ3v) is 6.01. The minimum Gasteiger partial charge on any atom is -0.481 e. The Morgan fingerprint density at radius 1 is 0.971 bits per heavy atom. The Morgan fingerprint density at radius 3 is 2.34 bits per heavy atom. The van der Waals surface area contributed by atoms with E-state index >= 15 is 0 Å². The smallest absolute Gasteiger partial charge is 0.326 e. The second-order valence-corrected chi connectivity index (χ2v) is 9.55. The Kier molecular flexibility index (Phi) is 9.06. The monoisotopic (exact) mass is 477 g/mol. The summed E-state index contributed by atoms with van der Waals surface area (Å²) < 4.78 is 1.62. The zero-order chi connectivity index (χ0) is 25.4. The highest BCUT2D eigenvalue weighted by Gasteiger charge is 2.24. The van der Waals surface area contributed by atoms with Gasteiger partial charge in [-0.05, 0) is 49.3 Å². The van der Waals surface area contributed by atoms with Gasteiger partial charge in [-0.25, -0.2) is 4.79 Å². The molecule has 2 amide bonds. The summed E-state index contributed by atoms with van der Waals surface area (Å²) >= 11 is 0. The molecule has 0 aliphatic heterocycles. The van der Waals surface area contributed by atoms with Gasteiger partial charge in [-0.15, -0.1) is 0 Å². The number of nitrogens with one attached hydrogen (secondary N) is 2. The lowest BCUT2D eigenvalue weighted by atomic mass is 9.93. The van der Waals surface area contributed by atoms with Crippen molar-refractivity contribution in [3.63, 3.8) is 0 Å². The van der Waals surface area contributed by atoms with E-state index in [1.807, 2.05) is 81.6 Å². The van der Waals surface area contributed by atoms with Gasteiger partial charge in [-0.2, -0.15) is 0 Å². The maximum atomic E-state index is 12.9. The van der Waals surface area contributed by atoms with E-state index in [1.54, 1.807) is 4.57 Å². The van der Waals surface area contributed by atoms with E-state index in [9.17, 15) is 19.5 Å². The molecule has 0 saturated carbocycles. The van der Waals surface area contributed by atoms with Crippen LogP contribution >= 0.6 is 0 Å². The molecule has 186 valence electrons. The van der Waals surface area contributed by atoms with Crippen molar-refractivity contribution in [2.75, 3.05) is 6.54 Å². The number of benzene rings is 2. The van der Waals surface area contributed by atoms with Gasteiger partial charge in [0.2, 0.25) is 5.91 Å². The van der Waals surface area contributed by atoms with Gasteiger partial charge in [0.15, 0.2) is 0 Å². The van der Waals surface area contributed by atoms with Crippen molar-refractivity contribution >= 4 is 28.8 Å². The minimum absolute atomic E-state index is 0.181. The Bertz CT molecular complexity index is 1150. The second kappa shape index (κ2) is 12.2. The summed E-state index contributed by atoms with van der Waals surface area (Å²) in [7, 11) is 0. The van der Waals surface area contributed by atoms with Gasteiger partial charge in [0.25, 0.3) is 0 Å². The Hall–Kier alpha value is -3.61. The van der Waals surface area contributed by atoms with Crippen molar-refractivity contribution in [3.8, 4) is 0 Å². The van der Waals surface area contributed by atoms with Gasteiger partial charge in [0.05, 0.1) is 11.9 Å². The number of carboxylic acid groups (broad SMARTS) is 1. The van der Waals surface area contributed by atoms with Crippen LogP contribution in [0.5, 0.6) is 0 Å². The quantitative estimate of drug-likeness (QED) is 0.375. The molecular formula is C28H35N3O4. The van der Waals surface area contributed by atoms with Crippen LogP contribution in [0.15, 0.2) is 60.8 Å². The van der Waals surface area contributed by atoms with Crippen molar-refractivity contribution in [1.82, 2.24) is 15.2 Å². The van der Waals surface area contributed by atoms with E-state index in [2.05, 4.69) is 10.6 Å². The van der Waals surface area contributed by atoms with Gasteiger partial charge in [0.1, 0.15) is 0 Å². The lowest BCUT2D eigenvalue weighted by Crippen LogP contribution is -2.39. The molecule has 2 aromatic carbocycles. The largest absolute Gasteiger partial charge is 0.481 e. The number of rotatable bonds is 11. The number of carbonyl (C=O) groups excluding carboxylic acids is 2. The number of fused-ring (bicyclic) bond motifs is 1. The number of carbonyl (C=O) groups is 3. The highest BCUT2D eigenvalue weighted by atomic mass is 16.4. The summed E-state index contributed by atoms with van der Waals surface area (Å²) in [6, 6.07) is 17.3. The number of amides is 2. The molecule has 7 nitrogen and oxygen atoms in total. The lowest BCUT2D eigenvalue weighted by molar-refractivity contribution is -0.141. The summed E-state index contributed by atoms with van der Waals surface area (Å²) in [5.74, 6) is -1.55. The maximum Gasteiger partial charge on any atom is 0.326 e. The number of hydrogen-bond donors (Lipinski definition) is 3. The van der Waals surface area contributed by atoms with Gasteiger partial charge < -0.3 is 15.7 Å². The van der Waals surface area contributed by atoms with E-state index < -0.39 is 11.9 Å². The van der Waals surface area contributed by atoms with Crippen LogP contribution in [0, 0.1) is 11.8 Å². The zero-order valence-electron chi connectivity index (χ0n) is 20.7. The molecule has 3 aromatic rings. The van der Waals surface area contributed by atoms with E-state index in [1.165, 1.54) is 0 Å². The standard InChI is InChI=1S/C28H35N3O4/c1-19(2)15-22(17-26(32)33)27(34)30-20(3)16-23-18-31(25-12-8-7-11-24(23)25)28(35)29-14-13-21-9-5-4-6-10-21/h4-12,18-20,22H,13-17H2,1-3H3,(H,29,35)(H,30,34)(H,32,33)/t20-,22?/m1/s1. The number of hydrogen-bond acceptors (Lipinski definition) is 3. The van der Waals surface area contributed by atoms with Gasteiger partial charge in [-0.1, -0.05) is 62.4 Å². The van der Waals surface area contributed by atoms with Crippen LogP contribution in [0.4, 0.5) is 4.79 Å². The molecule has 7 heteroatoms. The van der Waals surface area contributed by atoms with Crippen LogP contribution < -0.4 is 10.6 Å². The van der Waals surface area contributed by atoms with Crippen LogP contribution in [0.1, 0.15) is 44.7 Å². The summed E-state index contributed by atoms with van der Waals surface area (Å²) in [5.41, 5.74) is 2.92. The number of nitrogens with zero attached hydrogens (tertiary/aromatic N) is 1. The molecule has 0 spiro atoms. The van der Waals surface area contributed by atoms with Crippen LogP contribution in [-0.2, 0) is 22.4 Å². The maximum absolute atomic E-state index is 12.9. The minimum atomic E-state index is -0.972. The lowest BCUT2D eigenvalue weighted by Gasteiger charge is -2.20. The molecule has 0 bridgehead atoms. The van der Waals surface area contributed by atoms with Crippen LogP contribution in [0.2, 0.25) is 0 Å². The molecule has 1 unspecified atom stereocenters. The molecule has 0 saturated heterocycles. The number of aromatic nitrogens is 1. The molecule has 0 aliphatic carbocycles. The van der Waals surface area contributed by atoms with E-state index in [4.69, 9.17) is 0 Å². The predicted octanol–water partition coefficient (Wildman–Crippen LogP) is 4.63. The first kappa shape index (κ1) is 26.0.